The van der Waals surface area contributed by atoms with E-state index in [2.05, 4.69) is 0 Å². The summed E-state index contributed by atoms with van der Waals surface area (Å²) >= 11 is 0. The zero-order chi connectivity index (χ0) is 9.26. The molecule has 1 aromatic carbocycles. The van der Waals surface area contributed by atoms with Crippen LogP contribution in [0.3, 0.4) is 0 Å². The lowest BCUT2D eigenvalue weighted by Crippen LogP contribution is -1.99. The van der Waals surface area contributed by atoms with Gasteiger partial charge < -0.3 is 4.42 Å². The van der Waals surface area contributed by atoms with E-state index >= 15 is 0 Å². The molecule has 1 N–H and O–H groups in total. The van der Waals surface area contributed by atoms with E-state index < -0.39 is 0 Å². The number of hydrogen-bond acceptors (Lipinski definition) is 3. The quantitative estimate of drug-likeness (QED) is 0.667. The van der Waals surface area contributed by atoms with Gasteiger partial charge in [0.05, 0.1) is 0 Å². The minimum Gasteiger partial charge on any atom is -0.439 e. The summed E-state index contributed by atoms with van der Waals surface area (Å²) in [6.45, 7) is 0. The lowest BCUT2D eigenvalue weighted by Gasteiger charge is -1.97. The van der Waals surface area contributed by atoms with Crippen molar-refractivity contribution < 1.29 is 9.21 Å². The van der Waals surface area contributed by atoms with Gasteiger partial charge in [0, 0.05) is 17.0 Å². The fourth-order valence-electron chi connectivity index (χ4n) is 1.26. The van der Waals surface area contributed by atoms with Gasteiger partial charge in [-0.15, -0.1) is 0 Å². The minimum absolute atomic E-state index is 0.000741. The van der Waals surface area contributed by atoms with Gasteiger partial charge in [-0.2, -0.15) is 0 Å². The second-order valence-corrected chi connectivity index (χ2v) is 2.68. The fourth-order valence-corrected chi connectivity index (χ4v) is 1.26. The molecule has 0 bridgehead atoms. The van der Waals surface area contributed by atoms with Crippen LogP contribution in [0.15, 0.2) is 34.7 Å². The number of aldehydes is 1. The molecule has 2 aromatic rings. The maximum absolute atomic E-state index is 10.6. The summed E-state index contributed by atoms with van der Waals surface area (Å²) < 4.78 is 5.11. The van der Waals surface area contributed by atoms with Crippen molar-refractivity contribution in [1.29, 1.82) is 5.41 Å². The van der Waals surface area contributed by atoms with Crippen LogP contribution in [0.5, 0.6) is 0 Å². The molecule has 0 radical (unpaired) electrons. The fraction of sp³-hybridized carbons (Fsp3) is 0. The molecule has 13 heavy (non-hydrogen) atoms. The van der Waals surface area contributed by atoms with Gasteiger partial charge in [-0.1, -0.05) is 18.2 Å². The number of carbonyl (C=O) groups excluding carboxylic acids is 1. The van der Waals surface area contributed by atoms with Crippen LogP contribution < -0.4 is 5.55 Å². The average Bonchev–Trinajstić information content (AvgIpc) is 2.16. The number of para-hydroxylation sites is 1. The molecule has 1 aromatic heterocycles. The molecule has 0 saturated carbocycles. The maximum Gasteiger partial charge on any atom is 0.212 e. The lowest BCUT2D eigenvalue weighted by atomic mass is 10.1. The summed E-state index contributed by atoms with van der Waals surface area (Å²) in [5, 5.41) is 8.04. The topological polar surface area (TPSA) is 54.1 Å². The van der Waals surface area contributed by atoms with Crippen LogP contribution in [-0.4, -0.2) is 6.29 Å². The molecule has 0 fully saturated rings. The Labute approximate surface area is 74.1 Å². The lowest BCUT2D eigenvalue weighted by molar-refractivity contribution is 0.112. The highest BCUT2D eigenvalue weighted by Gasteiger charge is 2.00. The van der Waals surface area contributed by atoms with Gasteiger partial charge in [-0.3, -0.25) is 10.2 Å². The van der Waals surface area contributed by atoms with Crippen molar-refractivity contribution in [2.24, 2.45) is 0 Å². The van der Waals surface area contributed by atoms with E-state index in [-0.39, 0.29) is 5.55 Å². The molecule has 0 amide bonds. The van der Waals surface area contributed by atoms with E-state index in [4.69, 9.17) is 9.83 Å². The summed E-state index contributed by atoms with van der Waals surface area (Å²) in [5.74, 6) is 0. The summed E-state index contributed by atoms with van der Waals surface area (Å²) in [4.78, 5) is 10.6. The standard InChI is InChI=1S/C10H7NO2/c11-10-5-7(6-12)8-3-1-2-4-9(8)13-10/h1-6,11H. The van der Waals surface area contributed by atoms with Crippen molar-refractivity contribution in [3.63, 3.8) is 0 Å². The first-order valence-electron chi connectivity index (χ1n) is 3.84. The van der Waals surface area contributed by atoms with Gasteiger partial charge >= 0.3 is 0 Å². The highest BCUT2D eigenvalue weighted by molar-refractivity contribution is 5.94. The Morgan fingerprint density at radius 3 is 2.85 bits per heavy atom. The molecule has 0 unspecified atom stereocenters. The molecule has 0 aliphatic carbocycles. The Hall–Kier alpha value is -1.90. The predicted octanol–water partition coefficient (Wildman–Crippen LogP) is 1.72. The maximum atomic E-state index is 10.6. The molecule has 0 saturated heterocycles. The first kappa shape index (κ1) is 7.73. The van der Waals surface area contributed by atoms with Gasteiger partial charge in [0.25, 0.3) is 0 Å². The van der Waals surface area contributed by atoms with Crippen molar-refractivity contribution >= 4 is 17.3 Å². The molecule has 0 aliphatic heterocycles. The SMILES string of the molecule is N=c1cc(C=O)c2ccccc2o1. The molecule has 2 rings (SSSR count). The molecule has 3 nitrogen and oxygen atoms in total. The first-order chi connectivity index (χ1) is 6.31. The zero-order valence-corrected chi connectivity index (χ0v) is 6.78. The zero-order valence-electron chi connectivity index (χ0n) is 6.78. The van der Waals surface area contributed by atoms with Gasteiger partial charge in [0.1, 0.15) is 5.58 Å². The van der Waals surface area contributed by atoms with Crippen molar-refractivity contribution in [2.45, 2.75) is 0 Å². The van der Waals surface area contributed by atoms with Crippen molar-refractivity contribution in [2.75, 3.05) is 0 Å². The van der Waals surface area contributed by atoms with Crippen LogP contribution in [0.1, 0.15) is 10.4 Å². The molecule has 0 atom stereocenters. The van der Waals surface area contributed by atoms with Crippen LogP contribution >= 0.6 is 0 Å². The van der Waals surface area contributed by atoms with E-state index in [1.54, 1.807) is 18.2 Å². The second kappa shape index (κ2) is 2.86. The third-order valence-electron chi connectivity index (χ3n) is 1.83. The Kier molecular flexibility index (Phi) is 1.70. The molecule has 3 heteroatoms. The van der Waals surface area contributed by atoms with Gasteiger partial charge in [0.15, 0.2) is 6.29 Å². The van der Waals surface area contributed by atoms with E-state index in [1.165, 1.54) is 6.07 Å². The summed E-state index contributed by atoms with van der Waals surface area (Å²) in [6, 6.07) is 8.58. The minimum atomic E-state index is 0.000741. The normalized spacial score (nSPS) is 10.2. The largest absolute Gasteiger partial charge is 0.439 e. The van der Waals surface area contributed by atoms with Gasteiger partial charge in [-0.25, -0.2) is 0 Å². The number of carbonyl (C=O) groups is 1. The summed E-state index contributed by atoms with van der Waals surface area (Å²) in [6.07, 6.45) is 0.732. The monoisotopic (exact) mass is 173 g/mol. The third kappa shape index (κ3) is 1.24. The molecule has 0 spiro atoms. The molecule has 0 aliphatic rings. The first-order valence-corrected chi connectivity index (χ1v) is 3.84. The smallest absolute Gasteiger partial charge is 0.212 e. The predicted molar refractivity (Wildman–Crippen MR) is 47.5 cm³/mol. The van der Waals surface area contributed by atoms with Gasteiger partial charge in [0.2, 0.25) is 5.55 Å². The highest BCUT2D eigenvalue weighted by atomic mass is 16.3. The number of nitrogens with one attached hydrogen (secondary N) is 1. The van der Waals surface area contributed by atoms with E-state index in [1.807, 2.05) is 6.07 Å². The Morgan fingerprint density at radius 1 is 1.31 bits per heavy atom. The molecular weight excluding hydrogens is 166 g/mol. The van der Waals surface area contributed by atoms with Gasteiger partial charge in [-0.05, 0) is 6.07 Å². The van der Waals surface area contributed by atoms with Crippen molar-refractivity contribution in [3.05, 3.63) is 41.4 Å². The number of hydrogen-bond donors (Lipinski definition) is 1. The molecular formula is C10H7NO2. The Balaban J connectivity index is 2.97. The van der Waals surface area contributed by atoms with Crippen LogP contribution in [-0.2, 0) is 0 Å². The molecule has 64 valence electrons. The number of benzene rings is 1. The van der Waals surface area contributed by atoms with Crippen molar-refractivity contribution in [3.8, 4) is 0 Å². The molecule has 1 heterocycles. The number of fused-ring (bicyclic) bond motifs is 1. The van der Waals surface area contributed by atoms with E-state index in [9.17, 15) is 4.79 Å². The summed E-state index contributed by atoms with van der Waals surface area (Å²) in [7, 11) is 0. The van der Waals surface area contributed by atoms with E-state index in [0.717, 1.165) is 11.7 Å². The van der Waals surface area contributed by atoms with Crippen LogP contribution in [0.25, 0.3) is 11.0 Å². The van der Waals surface area contributed by atoms with Crippen LogP contribution in [0.2, 0.25) is 0 Å². The number of rotatable bonds is 1. The Bertz CT molecular complexity index is 514. The van der Waals surface area contributed by atoms with Crippen LogP contribution in [0, 0.1) is 5.41 Å². The van der Waals surface area contributed by atoms with Crippen LogP contribution in [0.4, 0.5) is 0 Å². The Morgan fingerprint density at radius 2 is 2.08 bits per heavy atom. The van der Waals surface area contributed by atoms with E-state index in [0.29, 0.717) is 11.1 Å². The third-order valence-corrected chi connectivity index (χ3v) is 1.83. The second-order valence-electron chi connectivity index (χ2n) is 2.68. The summed E-state index contributed by atoms with van der Waals surface area (Å²) in [5.41, 5.74) is 1.06. The average molecular weight is 173 g/mol. The van der Waals surface area contributed by atoms with Crippen molar-refractivity contribution in [1.82, 2.24) is 0 Å². The highest BCUT2D eigenvalue weighted by Crippen LogP contribution is 2.14.